The van der Waals surface area contributed by atoms with Crippen LogP contribution in [0.3, 0.4) is 0 Å². The van der Waals surface area contributed by atoms with Crippen molar-refractivity contribution >= 4 is 11.7 Å². The molecule has 0 aliphatic carbocycles. The third-order valence-corrected chi connectivity index (χ3v) is 2.82. The first-order valence-electron chi connectivity index (χ1n) is 5.49. The summed E-state index contributed by atoms with van der Waals surface area (Å²) in [5.74, 6) is 0.819. The number of hydrogen-bond acceptors (Lipinski definition) is 5. The predicted molar refractivity (Wildman–Crippen MR) is 66.2 cm³/mol. The van der Waals surface area contributed by atoms with Crippen molar-refractivity contribution in [2.45, 2.75) is 19.4 Å². The highest BCUT2D eigenvalue weighted by Gasteiger charge is 2.12. The number of aliphatic hydroxyl groups excluding tert-OH is 1. The molecule has 2 aromatic rings. The zero-order valence-electron chi connectivity index (χ0n) is 9.54. The standard InChI is InChI=1S/C12H14N2O2S/c1-2-7-16-10-5-3-9(4-6-10)12(15)11-8-13-17-14-11/h3-6,8,12,15H,2,7H2,1H3. The number of aliphatic hydroxyl groups is 1. The molecular weight excluding hydrogens is 236 g/mol. The minimum atomic E-state index is -0.714. The lowest BCUT2D eigenvalue weighted by Crippen LogP contribution is -2.00. The minimum absolute atomic E-state index is 0.581. The lowest BCUT2D eigenvalue weighted by atomic mass is 10.1. The van der Waals surface area contributed by atoms with Crippen molar-refractivity contribution in [1.82, 2.24) is 8.75 Å². The van der Waals surface area contributed by atoms with Gasteiger partial charge in [0.1, 0.15) is 17.5 Å². The van der Waals surface area contributed by atoms with Gasteiger partial charge in [0, 0.05) is 0 Å². The second-order valence-corrected chi connectivity index (χ2v) is 4.21. The number of aromatic nitrogens is 2. The molecule has 1 atom stereocenters. The lowest BCUT2D eigenvalue weighted by Gasteiger charge is -2.09. The quantitative estimate of drug-likeness (QED) is 0.885. The van der Waals surface area contributed by atoms with Gasteiger partial charge < -0.3 is 9.84 Å². The van der Waals surface area contributed by atoms with Gasteiger partial charge in [0.25, 0.3) is 0 Å². The highest BCUT2D eigenvalue weighted by Crippen LogP contribution is 2.22. The summed E-state index contributed by atoms with van der Waals surface area (Å²) >= 11 is 1.09. The molecule has 0 bridgehead atoms. The molecule has 0 amide bonds. The summed E-state index contributed by atoms with van der Waals surface area (Å²) in [5, 5.41) is 10.0. The van der Waals surface area contributed by atoms with E-state index in [1.54, 1.807) is 6.20 Å². The molecular formula is C12H14N2O2S. The molecule has 0 saturated carbocycles. The van der Waals surface area contributed by atoms with Gasteiger partial charge in [-0.15, -0.1) is 0 Å². The van der Waals surface area contributed by atoms with Crippen LogP contribution in [-0.2, 0) is 0 Å². The van der Waals surface area contributed by atoms with E-state index in [0.717, 1.165) is 29.5 Å². The maximum Gasteiger partial charge on any atom is 0.124 e. The maximum atomic E-state index is 10.0. The zero-order chi connectivity index (χ0) is 12.1. The molecule has 17 heavy (non-hydrogen) atoms. The van der Waals surface area contributed by atoms with Gasteiger partial charge in [-0.1, -0.05) is 19.1 Å². The van der Waals surface area contributed by atoms with Crippen LogP contribution < -0.4 is 4.74 Å². The third-order valence-electron chi connectivity index (χ3n) is 2.33. The molecule has 1 unspecified atom stereocenters. The Morgan fingerprint density at radius 2 is 2.12 bits per heavy atom. The van der Waals surface area contributed by atoms with Crippen LogP contribution in [-0.4, -0.2) is 20.5 Å². The van der Waals surface area contributed by atoms with E-state index in [9.17, 15) is 5.11 Å². The largest absolute Gasteiger partial charge is 0.494 e. The van der Waals surface area contributed by atoms with Crippen molar-refractivity contribution in [2.24, 2.45) is 0 Å². The van der Waals surface area contributed by atoms with Gasteiger partial charge in [-0.05, 0) is 24.1 Å². The van der Waals surface area contributed by atoms with Crippen LogP contribution in [0.4, 0.5) is 0 Å². The fraction of sp³-hybridized carbons (Fsp3) is 0.333. The summed E-state index contributed by atoms with van der Waals surface area (Å²) in [6.07, 6.45) is 1.85. The Morgan fingerprint density at radius 1 is 1.35 bits per heavy atom. The summed E-state index contributed by atoms with van der Waals surface area (Å²) < 4.78 is 13.4. The van der Waals surface area contributed by atoms with Crippen molar-refractivity contribution in [3.63, 3.8) is 0 Å². The van der Waals surface area contributed by atoms with Crippen LogP contribution in [0, 0.1) is 0 Å². The predicted octanol–water partition coefficient (Wildman–Crippen LogP) is 2.41. The van der Waals surface area contributed by atoms with Crippen LogP contribution in [0.1, 0.15) is 30.7 Å². The first kappa shape index (κ1) is 12.0. The SMILES string of the molecule is CCCOc1ccc(C(O)c2cnsn2)cc1. The summed E-state index contributed by atoms with van der Waals surface area (Å²) in [7, 11) is 0. The van der Waals surface area contributed by atoms with Gasteiger partial charge in [0.2, 0.25) is 0 Å². The fourth-order valence-electron chi connectivity index (χ4n) is 1.43. The number of benzene rings is 1. The summed E-state index contributed by atoms with van der Waals surface area (Å²) in [6.45, 7) is 2.77. The first-order chi connectivity index (χ1) is 8.31. The van der Waals surface area contributed by atoms with Gasteiger partial charge in [-0.3, -0.25) is 0 Å². The van der Waals surface area contributed by atoms with Crippen molar-refractivity contribution in [2.75, 3.05) is 6.61 Å². The molecule has 90 valence electrons. The summed E-state index contributed by atoms with van der Waals surface area (Å²) in [4.78, 5) is 0. The van der Waals surface area contributed by atoms with Crippen LogP contribution in [0.5, 0.6) is 5.75 Å². The van der Waals surface area contributed by atoms with E-state index in [1.807, 2.05) is 24.3 Å². The molecule has 4 nitrogen and oxygen atoms in total. The van der Waals surface area contributed by atoms with Crippen molar-refractivity contribution < 1.29 is 9.84 Å². The summed E-state index contributed by atoms with van der Waals surface area (Å²) in [6, 6.07) is 7.39. The van der Waals surface area contributed by atoms with E-state index in [1.165, 1.54) is 0 Å². The van der Waals surface area contributed by atoms with Gasteiger partial charge in [0.05, 0.1) is 24.5 Å². The Labute approximate surface area is 104 Å². The molecule has 1 heterocycles. The second-order valence-electron chi connectivity index (χ2n) is 3.65. The van der Waals surface area contributed by atoms with E-state index in [4.69, 9.17) is 4.74 Å². The van der Waals surface area contributed by atoms with Gasteiger partial charge in [0.15, 0.2) is 0 Å². The van der Waals surface area contributed by atoms with E-state index >= 15 is 0 Å². The second kappa shape index (κ2) is 5.75. The molecule has 0 radical (unpaired) electrons. The maximum absolute atomic E-state index is 10.0. The molecule has 1 aromatic carbocycles. The van der Waals surface area contributed by atoms with E-state index in [-0.39, 0.29) is 0 Å². The molecule has 0 spiro atoms. The molecule has 1 aromatic heterocycles. The number of hydrogen-bond donors (Lipinski definition) is 1. The molecule has 1 N–H and O–H groups in total. The van der Waals surface area contributed by atoms with Crippen molar-refractivity contribution in [3.8, 4) is 5.75 Å². The summed E-state index contributed by atoms with van der Waals surface area (Å²) in [5.41, 5.74) is 1.37. The molecule has 0 saturated heterocycles. The van der Waals surface area contributed by atoms with E-state index in [0.29, 0.717) is 12.3 Å². The van der Waals surface area contributed by atoms with Gasteiger partial charge >= 0.3 is 0 Å². The Hall–Kier alpha value is -1.46. The van der Waals surface area contributed by atoms with E-state index < -0.39 is 6.10 Å². The lowest BCUT2D eigenvalue weighted by molar-refractivity contribution is 0.216. The Morgan fingerprint density at radius 3 is 2.71 bits per heavy atom. The molecule has 0 fully saturated rings. The molecule has 2 rings (SSSR count). The Bertz CT molecular complexity index is 442. The topological polar surface area (TPSA) is 55.2 Å². The fourth-order valence-corrected chi connectivity index (χ4v) is 1.87. The smallest absolute Gasteiger partial charge is 0.124 e. The minimum Gasteiger partial charge on any atom is -0.494 e. The number of ether oxygens (including phenoxy) is 1. The number of nitrogens with zero attached hydrogens (tertiary/aromatic N) is 2. The van der Waals surface area contributed by atoms with Crippen molar-refractivity contribution in [3.05, 3.63) is 41.7 Å². The molecule has 5 heteroatoms. The third kappa shape index (κ3) is 3.01. The van der Waals surface area contributed by atoms with Crippen LogP contribution in [0.2, 0.25) is 0 Å². The highest BCUT2D eigenvalue weighted by atomic mass is 32.1. The number of rotatable bonds is 5. The normalized spacial score (nSPS) is 12.4. The zero-order valence-corrected chi connectivity index (χ0v) is 10.4. The van der Waals surface area contributed by atoms with Gasteiger partial charge in [-0.2, -0.15) is 8.75 Å². The highest BCUT2D eigenvalue weighted by molar-refractivity contribution is 6.99. The van der Waals surface area contributed by atoms with E-state index in [2.05, 4.69) is 15.7 Å². The first-order valence-corrected chi connectivity index (χ1v) is 6.22. The Balaban J connectivity index is 2.07. The van der Waals surface area contributed by atoms with Crippen LogP contribution >= 0.6 is 11.7 Å². The Kier molecular flexibility index (Phi) is 4.06. The molecule has 0 aliphatic heterocycles. The van der Waals surface area contributed by atoms with Crippen LogP contribution in [0.15, 0.2) is 30.5 Å². The average molecular weight is 250 g/mol. The average Bonchev–Trinajstić information content (AvgIpc) is 2.90. The monoisotopic (exact) mass is 250 g/mol. The van der Waals surface area contributed by atoms with Crippen LogP contribution in [0.25, 0.3) is 0 Å². The van der Waals surface area contributed by atoms with Gasteiger partial charge in [-0.25, -0.2) is 0 Å². The molecule has 0 aliphatic rings. The van der Waals surface area contributed by atoms with Crippen molar-refractivity contribution in [1.29, 1.82) is 0 Å².